The van der Waals surface area contributed by atoms with Gasteiger partial charge in [0.15, 0.2) is 0 Å². The summed E-state index contributed by atoms with van der Waals surface area (Å²) in [7, 11) is 2.22. The molecule has 84 valence electrons. The first-order chi connectivity index (χ1) is 6.70. The fraction of sp³-hybridized carbons (Fsp3) is 1.00. The lowest BCUT2D eigenvalue weighted by Crippen LogP contribution is -2.34. The van der Waals surface area contributed by atoms with Crippen LogP contribution in [0.1, 0.15) is 39.5 Å². The van der Waals surface area contributed by atoms with E-state index in [2.05, 4.69) is 30.7 Å². The van der Waals surface area contributed by atoms with Crippen molar-refractivity contribution in [2.45, 2.75) is 45.6 Å². The van der Waals surface area contributed by atoms with Crippen LogP contribution in [0.2, 0.25) is 0 Å². The third-order valence-corrected chi connectivity index (χ3v) is 3.32. The highest BCUT2D eigenvalue weighted by atomic mass is 15.1. The molecule has 0 N–H and O–H groups in total. The minimum atomic E-state index is 0.691. The molecule has 1 aliphatic rings. The molecule has 0 aromatic carbocycles. The Morgan fingerprint density at radius 3 is 2.36 bits per heavy atom. The summed E-state index contributed by atoms with van der Waals surface area (Å²) < 4.78 is 0. The highest BCUT2D eigenvalue weighted by molar-refractivity contribution is 4.65. The van der Waals surface area contributed by atoms with Crippen LogP contribution in [-0.4, -0.2) is 49.1 Å². The van der Waals surface area contributed by atoms with Crippen LogP contribution in [0, 0.1) is 0 Å². The number of nitrogens with zero attached hydrogens (tertiary/aromatic N) is 2. The highest BCUT2D eigenvalue weighted by Gasteiger charge is 2.10. The first kappa shape index (κ1) is 12.0. The second-order valence-electron chi connectivity index (χ2n) is 4.83. The third kappa shape index (κ3) is 4.43. The Morgan fingerprint density at radius 2 is 1.79 bits per heavy atom. The van der Waals surface area contributed by atoms with Gasteiger partial charge in [-0.1, -0.05) is 6.42 Å². The standard InChI is InChI=1S/C12H26N2/c1-12(2)13(3)8-7-11-14-9-5-4-6-10-14/h12H,4-11H2,1-3H3. The molecule has 0 atom stereocenters. The number of hydrogen-bond donors (Lipinski definition) is 0. The SMILES string of the molecule is CC(C)N(C)CCCN1CCCCC1. The Bertz CT molecular complexity index is 139. The maximum absolute atomic E-state index is 2.62. The fourth-order valence-electron chi connectivity index (χ4n) is 1.98. The van der Waals surface area contributed by atoms with Crippen molar-refractivity contribution in [3.05, 3.63) is 0 Å². The molecule has 1 saturated heterocycles. The molecule has 0 aromatic rings. The molecule has 1 heterocycles. The van der Waals surface area contributed by atoms with Gasteiger partial charge in [-0.3, -0.25) is 0 Å². The zero-order valence-electron chi connectivity index (χ0n) is 10.1. The van der Waals surface area contributed by atoms with E-state index in [1.54, 1.807) is 0 Å². The van der Waals surface area contributed by atoms with Crippen molar-refractivity contribution in [1.29, 1.82) is 0 Å². The lowest BCUT2D eigenvalue weighted by Gasteiger charge is -2.28. The molecule has 0 unspecified atom stereocenters. The van der Waals surface area contributed by atoms with Crippen LogP contribution in [0.25, 0.3) is 0 Å². The molecule has 0 spiro atoms. The summed E-state index contributed by atoms with van der Waals surface area (Å²) in [6.07, 6.45) is 5.61. The predicted molar refractivity (Wildman–Crippen MR) is 62.7 cm³/mol. The molecule has 0 bridgehead atoms. The Labute approximate surface area is 89.3 Å². The van der Waals surface area contributed by atoms with Gasteiger partial charge in [-0.05, 0) is 66.3 Å². The van der Waals surface area contributed by atoms with Gasteiger partial charge >= 0.3 is 0 Å². The minimum Gasteiger partial charge on any atom is -0.304 e. The Hall–Kier alpha value is -0.0800. The number of piperidine rings is 1. The van der Waals surface area contributed by atoms with E-state index in [0.29, 0.717) is 6.04 Å². The van der Waals surface area contributed by atoms with Crippen LogP contribution in [-0.2, 0) is 0 Å². The molecule has 1 aliphatic heterocycles. The van der Waals surface area contributed by atoms with Gasteiger partial charge in [0.1, 0.15) is 0 Å². The Morgan fingerprint density at radius 1 is 1.14 bits per heavy atom. The maximum atomic E-state index is 2.62. The van der Waals surface area contributed by atoms with Crippen molar-refractivity contribution in [3.8, 4) is 0 Å². The molecule has 0 aromatic heterocycles. The summed E-state index contributed by atoms with van der Waals surface area (Å²) in [4.78, 5) is 5.06. The molecule has 14 heavy (non-hydrogen) atoms. The second kappa shape index (κ2) is 6.41. The summed E-state index contributed by atoms with van der Waals surface area (Å²) >= 11 is 0. The summed E-state index contributed by atoms with van der Waals surface area (Å²) in [5.74, 6) is 0. The van der Waals surface area contributed by atoms with Crippen molar-refractivity contribution < 1.29 is 0 Å². The zero-order valence-corrected chi connectivity index (χ0v) is 10.1. The van der Waals surface area contributed by atoms with E-state index in [4.69, 9.17) is 0 Å². The minimum absolute atomic E-state index is 0.691. The molecular weight excluding hydrogens is 172 g/mol. The molecule has 2 heteroatoms. The molecule has 0 amide bonds. The molecule has 1 fully saturated rings. The molecule has 0 saturated carbocycles. The number of likely N-dealkylation sites (tertiary alicyclic amines) is 1. The van der Waals surface area contributed by atoms with E-state index < -0.39 is 0 Å². The van der Waals surface area contributed by atoms with Crippen molar-refractivity contribution >= 4 is 0 Å². The van der Waals surface area contributed by atoms with E-state index in [1.807, 2.05) is 0 Å². The van der Waals surface area contributed by atoms with Crippen molar-refractivity contribution in [2.24, 2.45) is 0 Å². The third-order valence-electron chi connectivity index (χ3n) is 3.32. The average molecular weight is 198 g/mol. The summed E-state index contributed by atoms with van der Waals surface area (Å²) in [6.45, 7) is 9.75. The first-order valence-corrected chi connectivity index (χ1v) is 6.13. The zero-order chi connectivity index (χ0) is 10.4. The van der Waals surface area contributed by atoms with Crippen LogP contribution in [0.3, 0.4) is 0 Å². The largest absolute Gasteiger partial charge is 0.304 e. The van der Waals surface area contributed by atoms with E-state index >= 15 is 0 Å². The summed E-state index contributed by atoms with van der Waals surface area (Å²) in [6, 6.07) is 0.691. The topological polar surface area (TPSA) is 6.48 Å². The van der Waals surface area contributed by atoms with E-state index in [-0.39, 0.29) is 0 Å². The molecule has 1 rings (SSSR count). The van der Waals surface area contributed by atoms with Crippen LogP contribution in [0.4, 0.5) is 0 Å². The van der Waals surface area contributed by atoms with Gasteiger partial charge in [0.25, 0.3) is 0 Å². The molecule has 2 nitrogen and oxygen atoms in total. The lowest BCUT2D eigenvalue weighted by molar-refractivity contribution is 0.202. The first-order valence-electron chi connectivity index (χ1n) is 6.13. The quantitative estimate of drug-likeness (QED) is 0.668. The van der Waals surface area contributed by atoms with Crippen LogP contribution in [0.5, 0.6) is 0 Å². The highest BCUT2D eigenvalue weighted by Crippen LogP contribution is 2.08. The van der Waals surface area contributed by atoms with Gasteiger partial charge in [-0.15, -0.1) is 0 Å². The van der Waals surface area contributed by atoms with Gasteiger partial charge in [-0.2, -0.15) is 0 Å². The lowest BCUT2D eigenvalue weighted by atomic mass is 10.1. The Kier molecular flexibility index (Phi) is 5.49. The van der Waals surface area contributed by atoms with Gasteiger partial charge < -0.3 is 9.80 Å². The fourth-order valence-corrected chi connectivity index (χ4v) is 1.98. The number of hydrogen-bond acceptors (Lipinski definition) is 2. The van der Waals surface area contributed by atoms with E-state index in [9.17, 15) is 0 Å². The van der Waals surface area contributed by atoms with E-state index in [0.717, 1.165) is 0 Å². The normalized spacial score (nSPS) is 19.5. The van der Waals surface area contributed by atoms with Crippen molar-refractivity contribution in [2.75, 3.05) is 33.2 Å². The van der Waals surface area contributed by atoms with E-state index in [1.165, 1.54) is 51.9 Å². The van der Waals surface area contributed by atoms with Crippen LogP contribution in [0.15, 0.2) is 0 Å². The van der Waals surface area contributed by atoms with Gasteiger partial charge in [0.2, 0.25) is 0 Å². The molecular formula is C12H26N2. The number of rotatable bonds is 5. The second-order valence-corrected chi connectivity index (χ2v) is 4.83. The Balaban J connectivity index is 2.02. The molecule has 0 radical (unpaired) electrons. The van der Waals surface area contributed by atoms with Gasteiger partial charge in [0, 0.05) is 6.04 Å². The van der Waals surface area contributed by atoms with Crippen molar-refractivity contribution in [1.82, 2.24) is 9.80 Å². The predicted octanol–water partition coefficient (Wildman–Crippen LogP) is 2.20. The summed E-state index contributed by atoms with van der Waals surface area (Å²) in [5, 5.41) is 0. The summed E-state index contributed by atoms with van der Waals surface area (Å²) in [5.41, 5.74) is 0. The van der Waals surface area contributed by atoms with Gasteiger partial charge in [-0.25, -0.2) is 0 Å². The smallest absolute Gasteiger partial charge is 0.00355 e. The van der Waals surface area contributed by atoms with Crippen molar-refractivity contribution in [3.63, 3.8) is 0 Å². The monoisotopic (exact) mass is 198 g/mol. The van der Waals surface area contributed by atoms with Crippen LogP contribution >= 0.6 is 0 Å². The average Bonchev–Trinajstić information content (AvgIpc) is 2.19. The molecule has 0 aliphatic carbocycles. The van der Waals surface area contributed by atoms with Gasteiger partial charge in [0.05, 0.1) is 0 Å². The maximum Gasteiger partial charge on any atom is 0.00355 e. The van der Waals surface area contributed by atoms with Crippen LogP contribution < -0.4 is 0 Å².